The molecule has 13 heteroatoms. The molecular weight excluding hydrogens is 594 g/mol. The van der Waals surface area contributed by atoms with Crippen molar-refractivity contribution in [2.24, 2.45) is 0 Å². The summed E-state index contributed by atoms with van der Waals surface area (Å²) in [5.41, 5.74) is -0.850. The fourth-order valence-corrected chi connectivity index (χ4v) is 6.49. The number of nitrogens with zero attached hydrogens (tertiary/aromatic N) is 2. The van der Waals surface area contributed by atoms with Crippen LogP contribution in [0.15, 0.2) is 36.2 Å². The standard InChI is InChI=1S/C30H34F6N4O2S/c31-29(32,33)13-5-1-2-6-14-40-18-22(17-37-40)28(30(34,35)36)16-24(21-10-9-19-7-3-4-8-20(19)15-21)25(26(41)38-28)27(42)39-43-23-11-12-23/h9-10,15,17-18,23H,1-8,11-14,16H2,(H,38,41)(H,39,42). The second kappa shape index (κ2) is 12.6. The second-order valence-electron chi connectivity index (χ2n) is 11.6. The van der Waals surface area contributed by atoms with Gasteiger partial charge in [0, 0.05) is 36.4 Å². The summed E-state index contributed by atoms with van der Waals surface area (Å²) < 4.78 is 86.2. The van der Waals surface area contributed by atoms with Gasteiger partial charge in [-0.25, -0.2) is 0 Å². The van der Waals surface area contributed by atoms with Crippen molar-refractivity contribution in [1.29, 1.82) is 0 Å². The number of alkyl halides is 6. The van der Waals surface area contributed by atoms with Crippen LogP contribution in [0, 0.1) is 0 Å². The number of hydrogen-bond acceptors (Lipinski definition) is 4. The first-order valence-corrected chi connectivity index (χ1v) is 15.5. The normalized spacial score (nSPS) is 21.0. The minimum absolute atomic E-state index is 0.00997. The molecule has 5 rings (SSSR count). The van der Waals surface area contributed by atoms with E-state index in [0.29, 0.717) is 24.8 Å². The predicted molar refractivity (Wildman–Crippen MR) is 151 cm³/mol. The first-order valence-electron chi connectivity index (χ1n) is 14.7. The zero-order chi connectivity index (χ0) is 30.8. The Balaban J connectivity index is 1.43. The van der Waals surface area contributed by atoms with Gasteiger partial charge in [-0.15, -0.1) is 0 Å². The number of rotatable bonds is 11. The van der Waals surface area contributed by atoms with Crippen LogP contribution in [0.25, 0.3) is 5.57 Å². The molecule has 1 aliphatic heterocycles. The molecule has 1 aromatic carbocycles. The average molecular weight is 629 g/mol. The van der Waals surface area contributed by atoms with Crippen LogP contribution in [-0.2, 0) is 34.5 Å². The maximum Gasteiger partial charge on any atom is 0.416 e. The number of benzene rings is 1. The number of halogens is 6. The quantitative estimate of drug-likeness (QED) is 0.123. The third-order valence-electron chi connectivity index (χ3n) is 8.27. The Morgan fingerprint density at radius 2 is 1.77 bits per heavy atom. The van der Waals surface area contributed by atoms with Crippen molar-refractivity contribution in [2.45, 2.75) is 107 Å². The molecule has 0 spiro atoms. The molecule has 1 fully saturated rings. The van der Waals surface area contributed by atoms with Crippen LogP contribution in [0.4, 0.5) is 26.3 Å². The number of aromatic nitrogens is 2. The van der Waals surface area contributed by atoms with Crippen molar-refractivity contribution in [3.8, 4) is 0 Å². The maximum absolute atomic E-state index is 15.0. The Labute approximate surface area is 250 Å². The highest BCUT2D eigenvalue weighted by atomic mass is 32.2. The van der Waals surface area contributed by atoms with Crippen LogP contribution in [0.5, 0.6) is 0 Å². The van der Waals surface area contributed by atoms with Gasteiger partial charge in [-0.2, -0.15) is 31.4 Å². The fraction of sp³-hybridized carbons (Fsp3) is 0.567. The van der Waals surface area contributed by atoms with E-state index in [1.165, 1.54) is 22.8 Å². The van der Waals surface area contributed by atoms with Crippen LogP contribution >= 0.6 is 11.9 Å². The number of aryl methyl sites for hydroxylation is 3. The number of fused-ring (bicyclic) bond motifs is 1. The van der Waals surface area contributed by atoms with E-state index in [-0.39, 0.29) is 34.9 Å². The molecule has 0 bridgehead atoms. The SMILES string of the molecule is O=C(NSC1CC1)C1=C(c2ccc3c(c2)CCCC3)CC(c2cnn(CCCCCCC(F)(F)F)c2)(C(F)(F)F)NC1=O. The lowest BCUT2D eigenvalue weighted by atomic mass is 9.76. The predicted octanol–water partition coefficient (Wildman–Crippen LogP) is 6.93. The largest absolute Gasteiger partial charge is 0.416 e. The van der Waals surface area contributed by atoms with Crippen LogP contribution in [0.3, 0.4) is 0 Å². The lowest BCUT2D eigenvalue weighted by Crippen LogP contribution is -2.59. The molecule has 1 atom stereocenters. The smallest absolute Gasteiger partial charge is 0.334 e. The topological polar surface area (TPSA) is 76.0 Å². The third kappa shape index (κ3) is 7.41. The maximum atomic E-state index is 15.0. The number of hydrogen-bond donors (Lipinski definition) is 2. The summed E-state index contributed by atoms with van der Waals surface area (Å²) in [6.07, 6.45) is -1.72. The van der Waals surface area contributed by atoms with Crippen LogP contribution in [-0.4, -0.2) is 39.2 Å². The molecule has 2 aliphatic carbocycles. The lowest BCUT2D eigenvalue weighted by Gasteiger charge is -2.40. The molecule has 2 amide bonds. The van der Waals surface area contributed by atoms with Gasteiger partial charge in [0.05, 0.1) is 6.20 Å². The van der Waals surface area contributed by atoms with Crippen LogP contribution in [0.1, 0.15) is 86.5 Å². The summed E-state index contributed by atoms with van der Waals surface area (Å²) in [5, 5.41) is 6.46. The molecule has 1 unspecified atom stereocenters. The molecule has 43 heavy (non-hydrogen) atoms. The molecule has 234 valence electrons. The van der Waals surface area contributed by atoms with E-state index in [0.717, 1.165) is 55.8 Å². The van der Waals surface area contributed by atoms with Gasteiger partial charge in [0.2, 0.25) is 0 Å². The number of carbonyl (C=O) groups is 2. The van der Waals surface area contributed by atoms with E-state index in [2.05, 4.69) is 15.1 Å². The average Bonchev–Trinajstić information content (AvgIpc) is 3.66. The number of carbonyl (C=O) groups excluding carboxylic acids is 2. The summed E-state index contributed by atoms with van der Waals surface area (Å²) in [5.74, 6) is -1.83. The lowest BCUT2D eigenvalue weighted by molar-refractivity contribution is -0.202. The van der Waals surface area contributed by atoms with E-state index in [1.54, 1.807) is 6.07 Å². The van der Waals surface area contributed by atoms with Gasteiger partial charge in [-0.3, -0.25) is 19.0 Å². The highest BCUT2D eigenvalue weighted by Gasteiger charge is 2.60. The van der Waals surface area contributed by atoms with Gasteiger partial charge in [-0.05, 0) is 85.6 Å². The van der Waals surface area contributed by atoms with Gasteiger partial charge in [0.1, 0.15) is 5.57 Å². The Hall–Kier alpha value is -2.96. The first-order chi connectivity index (χ1) is 20.4. The van der Waals surface area contributed by atoms with Crippen molar-refractivity contribution < 1.29 is 35.9 Å². The summed E-state index contributed by atoms with van der Waals surface area (Å²) in [7, 11) is 0. The Bertz CT molecular complexity index is 1380. The summed E-state index contributed by atoms with van der Waals surface area (Å²) in [6.45, 7) is 0.216. The number of unbranched alkanes of at least 4 members (excludes halogenated alkanes) is 3. The van der Waals surface area contributed by atoms with Crippen LogP contribution < -0.4 is 10.0 Å². The molecule has 2 N–H and O–H groups in total. The summed E-state index contributed by atoms with van der Waals surface area (Å²) >= 11 is 1.18. The molecule has 6 nitrogen and oxygen atoms in total. The van der Waals surface area contributed by atoms with E-state index >= 15 is 13.2 Å². The minimum atomic E-state index is -4.93. The molecule has 0 saturated heterocycles. The molecule has 2 aromatic rings. The zero-order valence-electron chi connectivity index (χ0n) is 23.5. The van der Waals surface area contributed by atoms with Gasteiger partial charge in [0.15, 0.2) is 5.54 Å². The van der Waals surface area contributed by atoms with Gasteiger partial charge in [-0.1, -0.05) is 31.0 Å². The van der Waals surface area contributed by atoms with Gasteiger partial charge in [0.25, 0.3) is 11.8 Å². The Morgan fingerprint density at radius 3 is 2.47 bits per heavy atom. The van der Waals surface area contributed by atoms with Crippen molar-refractivity contribution in [1.82, 2.24) is 19.8 Å². The van der Waals surface area contributed by atoms with E-state index in [1.807, 2.05) is 12.1 Å². The third-order valence-corrected chi connectivity index (χ3v) is 9.38. The molecule has 1 aromatic heterocycles. The van der Waals surface area contributed by atoms with Crippen molar-refractivity contribution in [3.05, 3.63) is 58.4 Å². The molecule has 2 heterocycles. The monoisotopic (exact) mass is 628 g/mol. The highest BCUT2D eigenvalue weighted by molar-refractivity contribution is 7.98. The molecule has 0 radical (unpaired) electrons. The molecule has 1 saturated carbocycles. The van der Waals surface area contributed by atoms with Gasteiger partial charge < -0.3 is 5.32 Å². The minimum Gasteiger partial charge on any atom is -0.334 e. The van der Waals surface area contributed by atoms with Crippen LogP contribution in [0.2, 0.25) is 0 Å². The van der Waals surface area contributed by atoms with Gasteiger partial charge >= 0.3 is 12.4 Å². The van der Waals surface area contributed by atoms with Crippen molar-refractivity contribution in [2.75, 3.05) is 0 Å². The van der Waals surface area contributed by atoms with E-state index in [4.69, 9.17) is 0 Å². The van der Waals surface area contributed by atoms with Crippen molar-refractivity contribution in [3.63, 3.8) is 0 Å². The molecule has 3 aliphatic rings. The zero-order valence-corrected chi connectivity index (χ0v) is 24.4. The fourth-order valence-electron chi connectivity index (χ4n) is 5.74. The van der Waals surface area contributed by atoms with E-state index in [9.17, 15) is 22.8 Å². The van der Waals surface area contributed by atoms with Crippen molar-refractivity contribution >= 4 is 29.3 Å². The first kappa shape index (κ1) is 31.5. The second-order valence-corrected chi connectivity index (χ2v) is 12.7. The number of amides is 2. The molecular formula is C30H34F6N4O2S. The summed E-state index contributed by atoms with van der Waals surface area (Å²) in [4.78, 5) is 26.8. The Morgan fingerprint density at radius 1 is 1.05 bits per heavy atom. The highest BCUT2D eigenvalue weighted by Crippen LogP contribution is 2.49. The Kier molecular flexibility index (Phi) is 9.20. The number of nitrogens with one attached hydrogen (secondary N) is 2. The van der Waals surface area contributed by atoms with E-state index < -0.39 is 42.5 Å². The summed E-state index contributed by atoms with van der Waals surface area (Å²) in [6, 6.07) is 5.38.